The highest BCUT2D eigenvalue weighted by Crippen LogP contribution is 2.46. The first-order chi connectivity index (χ1) is 16.4. The molecule has 0 bridgehead atoms. The second-order valence-corrected chi connectivity index (χ2v) is 11.4. The van der Waals surface area contributed by atoms with Crippen molar-refractivity contribution >= 4 is 27.5 Å². The van der Waals surface area contributed by atoms with Gasteiger partial charge in [-0.05, 0) is 74.4 Å². The maximum atomic E-state index is 13.6. The summed E-state index contributed by atoms with van der Waals surface area (Å²) in [4.78, 5) is 26.0. The molecular formula is C27H30N2O5S. The summed E-state index contributed by atoms with van der Waals surface area (Å²) >= 11 is 0. The zero-order chi connectivity index (χ0) is 25.7. The molecule has 4 rings (SSSR count). The Kier molecular flexibility index (Phi) is 6.36. The van der Waals surface area contributed by atoms with Gasteiger partial charge in [0, 0.05) is 35.0 Å². The van der Waals surface area contributed by atoms with Gasteiger partial charge >= 0.3 is 5.97 Å². The summed E-state index contributed by atoms with van der Waals surface area (Å²) in [5.74, 6) is -2.01. The third-order valence-corrected chi connectivity index (χ3v) is 7.33. The fraction of sp³-hybridized carbons (Fsp3) is 0.333. The van der Waals surface area contributed by atoms with Crippen molar-refractivity contribution in [3.05, 3.63) is 86.8 Å². The summed E-state index contributed by atoms with van der Waals surface area (Å²) in [6.45, 7) is 7.89. The van der Waals surface area contributed by atoms with Crippen LogP contribution in [0.3, 0.4) is 0 Å². The Balaban J connectivity index is 1.82. The maximum Gasteiger partial charge on any atom is 0.334 e. The number of ketones is 1. The van der Waals surface area contributed by atoms with E-state index in [1.54, 1.807) is 31.2 Å². The summed E-state index contributed by atoms with van der Waals surface area (Å²) in [7, 11) is -3.52. The number of hydrogen-bond donors (Lipinski definition) is 3. The van der Waals surface area contributed by atoms with Crippen molar-refractivity contribution in [2.45, 2.75) is 52.4 Å². The third kappa shape index (κ3) is 4.89. The third-order valence-electron chi connectivity index (χ3n) is 6.73. The van der Waals surface area contributed by atoms with E-state index in [1.165, 1.54) is 11.1 Å². The molecule has 0 saturated heterocycles. The van der Waals surface area contributed by atoms with Gasteiger partial charge in [0.05, 0.1) is 11.8 Å². The van der Waals surface area contributed by atoms with Crippen LogP contribution in [0.25, 0.3) is 0 Å². The normalized spacial score (nSPS) is 20.4. The van der Waals surface area contributed by atoms with Gasteiger partial charge in [-0.25, -0.2) is 13.2 Å². The van der Waals surface area contributed by atoms with Crippen molar-refractivity contribution in [1.82, 2.24) is 5.32 Å². The first-order valence-electron chi connectivity index (χ1n) is 11.5. The molecule has 2 atom stereocenters. The van der Waals surface area contributed by atoms with E-state index < -0.39 is 21.9 Å². The smallest absolute Gasteiger partial charge is 0.334 e. The number of hydrogen-bond acceptors (Lipinski definition) is 5. The van der Waals surface area contributed by atoms with E-state index in [0.717, 1.165) is 23.1 Å². The van der Waals surface area contributed by atoms with Crippen LogP contribution in [-0.4, -0.2) is 31.5 Å². The minimum atomic E-state index is -3.52. The molecule has 2 unspecified atom stereocenters. The fourth-order valence-electron chi connectivity index (χ4n) is 5.69. The van der Waals surface area contributed by atoms with Gasteiger partial charge in [-0.1, -0.05) is 29.8 Å². The zero-order valence-electron chi connectivity index (χ0n) is 20.5. The van der Waals surface area contributed by atoms with Crippen LogP contribution in [0.4, 0.5) is 5.69 Å². The highest BCUT2D eigenvalue weighted by molar-refractivity contribution is 7.92. The predicted molar refractivity (Wildman–Crippen MR) is 136 cm³/mol. The highest BCUT2D eigenvalue weighted by atomic mass is 32.2. The lowest BCUT2D eigenvalue weighted by Crippen LogP contribution is -2.36. The van der Waals surface area contributed by atoms with Crippen molar-refractivity contribution in [2.75, 3.05) is 11.0 Å². The molecule has 184 valence electrons. The molecular weight excluding hydrogens is 464 g/mol. The van der Waals surface area contributed by atoms with Gasteiger partial charge in [0.1, 0.15) is 0 Å². The van der Waals surface area contributed by atoms with E-state index in [-0.39, 0.29) is 23.7 Å². The first-order valence-corrected chi connectivity index (χ1v) is 13.4. The number of allylic oxidation sites excluding steroid dienone is 3. The van der Waals surface area contributed by atoms with Gasteiger partial charge in [0.25, 0.3) is 0 Å². The number of carbonyl (C=O) groups excluding carboxylic acids is 1. The first kappa shape index (κ1) is 24.7. The van der Waals surface area contributed by atoms with Gasteiger partial charge in [0.2, 0.25) is 10.0 Å². The summed E-state index contributed by atoms with van der Waals surface area (Å²) in [5, 5.41) is 13.3. The Morgan fingerprint density at radius 2 is 1.71 bits per heavy atom. The number of rotatable bonds is 5. The Morgan fingerprint density at radius 1 is 1.06 bits per heavy atom. The van der Waals surface area contributed by atoms with Crippen LogP contribution in [-0.2, 0) is 19.6 Å². The monoisotopic (exact) mass is 494 g/mol. The largest absolute Gasteiger partial charge is 0.478 e. The molecule has 2 aliphatic rings. The Hall–Kier alpha value is -3.39. The number of nitrogens with one attached hydrogen (secondary N) is 2. The standard InChI is InChI=1S/C27H30N2O5S/c1-14-9-15(2)23(16(3)10-14)19-12-21-26(22(30)13-19)25(24(27(31)32)17(4)28-21)18-7-6-8-20(11-18)29-35(5,33)34/h6-11,19,25,28-29H,12-13H2,1-5H3,(H,31,32). The topological polar surface area (TPSA) is 113 Å². The van der Waals surface area contributed by atoms with Gasteiger partial charge in [-0.3, -0.25) is 9.52 Å². The molecule has 0 radical (unpaired) electrons. The molecule has 35 heavy (non-hydrogen) atoms. The Morgan fingerprint density at radius 3 is 2.31 bits per heavy atom. The summed E-state index contributed by atoms with van der Waals surface area (Å²) < 4.78 is 25.9. The second kappa shape index (κ2) is 9.00. The van der Waals surface area contributed by atoms with Crippen molar-refractivity contribution in [1.29, 1.82) is 0 Å². The van der Waals surface area contributed by atoms with Gasteiger partial charge in [0.15, 0.2) is 5.78 Å². The average molecular weight is 495 g/mol. The van der Waals surface area contributed by atoms with Crippen LogP contribution in [0.15, 0.2) is 58.9 Å². The van der Waals surface area contributed by atoms with E-state index >= 15 is 0 Å². The lowest BCUT2D eigenvalue weighted by molar-refractivity contribution is -0.133. The molecule has 1 aliphatic heterocycles. The van der Waals surface area contributed by atoms with Gasteiger partial charge < -0.3 is 10.4 Å². The lowest BCUT2D eigenvalue weighted by Gasteiger charge is -2.37. The van der Waals surface area contributed by atoms with E-state index in [1.807, 2.05) is 0 Å². The van der Waals surface area contributed by atoms with Crippen LogP contribution in [0.2, 0.25) is 0 Å². The molecule has 7 nitrogen and oxygen atoms in total. The minimum Gasteiger partial charge on any atom is -0.478 e. The Labute approximate surface area is 206 Å². The molecule has 1 heterocycles. The van der Waals surface area contributed by atoms with Crippen LogP contribution < -0.4 is 10.0 Å². The molecule has 1 aliphatic carbocycles. The Bertz CT molecular complexity index is 1400. The maximum absolute atomic E-state index is 13.6. The molecule has 0 spiro atoms. The van der Waals surface area contributed by atoms with Crippen molar-refractivity contribution in [3.8, 4) is 0 Å². The molecule has 0 amide bonds. The van der Waals surface area contributed by atoms with Crippen LogP contribution in [0.5, 0.6) is 0 Å². The summed E-state index contributed by atoms with van der Waals surface area (Å²) in [5.41, 5.74) is 7.27. The van der Waals surface area contributed by atoms with Gasteiger partial charge in [-0.15, -0.1) is 0 Å². The molecule has 0 saturated carbocycles. The zero-order valence-corrected chi connectivity index (χ0v) is 21.3. The SMILES string of the molecule is CC1=C(C(=O)O)C(c2cccc(NS(C)(=O)=O)c2)C2=C(CC(c3c(C)cc(C)cc3C)CC2=O)N1. The van der Waals surface area contributed by atoms with Crippen molar-refractivity contribution < 1.29 is 23.1 Å². The molecule has 2 aromatic rings. The van der Waals surface area contributed by atoms with Crippen molar-refractivity contribution in [2.24, 2.45) is 0 Å². The molecule has 2 aromatic carbocycles. The number of benzene rings is 2. The number of anilines is 1. The molecule has 0 fully saturated rings. The van der Waals surface area contributed by atoms with Crippen LogP contribution in [0.1, 0.15) is 59.4 Å². The van der Waals surface area contributed by atoms with E-state index in [9.17, 15) is 23.1 Å². The second-order valence-electron chi connectivity index (χ2n) is 9.63. The number of aryl methyl sites for hydroxylation is 3. The quantitative estimate of drug-likeness (QED) is 0.567. The summed E-state index contributed by atoms with van der Waals surface area (Å²) in [6, 6.07) is 10.8. The number of carboxylic acid groups (broad SMARTS) is 1. The van der Waals surface area contributed by atoms with Crippen LogP contribution >= 0.6 is 0 Å². The number of dihydropyridines is 1. The lowest BCUT2D eigenvalue weighted by atomic mass is 9.70. The molecule has 3 N–H and O–H groups in total. The molecule has 0 aromatic heterocycles. The van der Waals surface area contributed by atoms with E-state index in [2.05, 4.69) is 42.9 Å². The average Bonchev–Trinajstić information content (AvgIpc) is 2.70. The number of carboxylic acids is 1. The number of carbonyl (C=O) groups is 2. The fourth-order valence-corrected chi connectivity index (χ4v) is 6.25. The van der Waals surface area contributed by atoms with E-state index in [4.69, 9.17) is 0 Å². The number of sulfonamides is 1. The molecule has 8 heteroatoms. The number of aliphatic carboxylic acids is 1. The summed E-state index contributed by atoms with van der Waals surface area (Å²) in [6.07, 6.45) is 1.93. The van der Waals surface area contributed by atoms with Gasteiger partial charge in [-0.2, -0.15) is 0 Å². The van der Waals surface area contributed by atoms with Crippen LogP contribution in [0, 0.1) is 20.8 Å². The van der Waals surface area contributed by atoms with Crippen molar-refractivity contribution in [3.63, 3.8) is 0 Å². The number of Topliss-reactive ketones (excluding diaryl/α,β-unsaturated/α-hetero) is 1. The predicted octanol–water partition coefficient (Wildman–Crippen LogP) is 4.43. The van der Waals surface area contributed by atoms with E-state index in [0.29, 0.717) is 28.9 Å². The highest BCUT2D eigenvalue weighted by Gasteiger charge is 2.41. The minimum absolute atomic E-state index is 0.00702.